The molecule has 0 fully saturated rings. The van der Waals surface area contributed by atoms with Crippen LogP contribution in [-0.4, -0.2) is 21.9 Å². The number of rotatable bonds is 5. The van der Waals surface area contributed by atoms with Crippen LogP contribution in [0, 0.1) is 0 Å². The van der Waals surface area contributed by atoms with Gasteiger partial charge in [-0.25, -0.2) is 0 Å². The fraction of sp³-hybridized carbons (Fsp3) is 0.364. The summed E-state index contributed by atoms with van der Waals surface area (Å²) in [5.41, 5.74) is 5.31. The van der Waals surface area contributed by atoms with Gasteiger partial charge in [-0.1, -0.05) is 11.8 Å². The second-order valence-corrected chi connectivity index (χ2v) is 4.67. The molecule has 0 bridgehead atoms. The summed E-state index contributed by atoms with van der Waals surface area (Å²) in [5.74, 6) is 1.93. The number of nitrogens with two attached hydrogens (primary N) is 1. The molecule has 2 aromatic heterocycles. The van der Waals surface area contributed by atoms with Crippen LogP contribution in [-0.2, 0) is 19.3 Å². The maximum absolute atomic E-state index is 11.6. The third-order valence-corrected chi connectivity index (χ3v) is 3.57. The molecular formula is C11H15ClN4O3S. The van der Waals surface area contributed by atoms with Crippen LogP contribution in [0.25, 0.3) is 0 Å². The van der Waals surface area contributed by atoms with Crippen LogP contribution in [0.3, 0.4) is 0 Å². The van der Waals surface area contributed by atoms with Gasteiger partial charge >= 0.3 is 0 Å². The van der Waals surface area contributed by atoms with Crippen molar-refractivity contribution in [2.24, 2.45) is 12.8 Å². The molecule has 2 N–H and O–H groups in total. The van der Waals surface area contributed by atoms with Crippen molar-refractivity contribution in [3.05, 3.63) is 34.1 Å². The number of hydrogen-bond acceptors (Lipinski definition) is 7. The van der Waals surface area contributed by atoms with E-state index in [1.165, 1.54) is 31.2 Å². The molecule has 0 saturated heterocycles. The summed E-state index contributed by atoms with van der Waals surface area (Å²) in [6.07, 6.45) is 1.31. The van der Waals surface area contributed by atoms with E-state index < -0.39 is 0 Å². The average Bonchev–Trinajstić information content (AvgIpc) is 2.77. The van der Waals surface area contributed by atoms with Crippen molar-refractivity contribution >= 4 is 24.2 Å². The second kappa shape index (κ2) is 7.32. The highest BCUT2D eigenvalue weighted by atomic mass is 35.5. The summed E-state index contributed by atoms with van der Waals surface area (Å²) in [7, 11) is 3.27. The van der Waals surface area contributed by atoms with Crippen LogP contribution < -0.4 is 15.9 Å². The highest BCUT2D eigenvalue weighted by Crippen LogP contribution is 2.21. The first-order valence-corrected chi connectivity index (χ1v) is 6.51. The van der Waals surface area contributed by atoms with Crippen molar-refractivity contribution < 1.29 is 9.15 Å². The molecule has 2 rings (SSSR count). The number of halogens is 1. The first-order chi connectivity index (χ1) is 9.15. The van der Waals surface area contributed by atoms with Gasteiger partial charge in [0.15, 0.2) is 5.16 Å². The summed E-state index contributed by atoms with van der Waals surface area (Å²) in [4.78, 5) is 11.6. The lowest BCUT2D eigenvalue weighted by Gasteiger charge is -2.03. The van der Waals surface area contributed by atoms with Gasteiger partial charge in [-0.05, 0) is 0 Å². The van der Waals surface area contributed by atoms with E-state index in [2.05, 4.69) is 10.2 Å². The predicted octanol–water partition coefficient (Wildman–Crippen LogP) is 0.950. The van der Waals surface area contributed by atoms with Crippen molar-refractivity contribution in [2.75, 3.05) is 7.11 Å². The van der Waals surface area contributed by atoms with E-state index in [0.29, 0.717) is 23.9 Å². The summed E-state index contributed by atoms with van der Waals surface area (Å²) in [5, 5.41) is 8.68. The molecule has 0 aliphatic heterocycles. The Morgan fingerprint density at radius 3 is 2.80 bits per heavy atom. The Hall–Kier alpha value is -1.51. The summed E-state index contributed by atoms with van der Waals surface area (Å²) >= 11 is 1.42. The molecule has 0 aliphatic carbocycles. The number of thioether (sulfide) groups is 1. The van der Waals surface area contributed by atoms with Gasteiger partial charge in [0.2, 0.25) is 11.2 Å². The minimum Gasteiger partial charge on any atom is -0.490 e. The molecule has 0 amide bonds. The van der Waals surface area contributed by atoms with Gasteiger partial charge in [0.05, 0.1) is 19.4 Å². The van der Waals surface area contributed by atoms with E-state index in [0.717, 1.165) is 5.16 Å². The lowest BCUT2D eigenvalue weighted by atomic mass is 10.4. The molecule has 2 heterocycles. The Balaban J connectivity index is 0.00000200. The minimum atomic E-state index is -0.204. The molecule has 2 aromatic rings. The largest absolute Gasteiger partial charge is 0.490 e. The Morgan fingerprint density at radius 2 is 2.25 bits per heavy atom. The van der Waals surface area contributed by atoms with Crippen LogP contribution in [0.1, 0.15) is 11.6 Å². The van der Waals surface area contributed by atoms with Crippen LogP contribution in [0.15, 0.2) is 26.7 Å². The van der Waals surface area contributed by atoms with Crippen LogP contribution >= 0.6 is 24.2 Å². The van der Waals surface area contributed by atoms with Gasteiger partial charge in [-0.15, -0.1) is 22.6 Å². The maximum atomic E-state index is 11.6. The molecule has 0 saturated carbocycles. The Labute approximate surface area is 125 Å². The van der Waals surface area contributed by atoms with Crippen molar-refractivity contribution in [1.82, 2.24) is 14.8 Å². The quantitative estimate of drug-likeness (QED) is 0.820. The number of aromatic nitrogens is 3. The monoisotopic (exact) mass is 318 g/mol. The molecule has 0 spiro atoms. The number of nitrogens with zero attached hydrogens (tertiary/aromatic N) is 3. The SMILES string of the molecule is COc1coc(CSc2nnc(CN)n2C)cc1=O.Cl. The lowest BCUT2D eigenvalue weighted by molar-refractivity contribution is 0.381. The molecule has 0 aliphatic rings. The third-order valence-electron chi connectivity index (χ3n) is 2.52. The zero-order valence-corrected chi connectivity index (χ0v) is 12.7. The molecular weight excluding hydrogens is 304 g/mol. The molecule has 0 unspecified atom stereocenters. The first kappa shape index (κ1) is 16.5. The number of methoxy groups -OCH3 is 1. The Kier molecular flexibility index (Phi) is 6.05. The normalized spacial score (nSPS) is 10.2. The Morgan fingerprint density at radius 1 is 1.50 bits per heavy atom. The topological polar surface area (TPSA) is 96.2 Å². The van der Waals surface area contributed by atoms with E-state index in [4.69, 9.17) is 14.9 Å². The lowest BCUT2D eigenvalue weighted by Crippen LogP contribution is -2.06. The minimum absolute atomic E-state index is 0. The maximum Gasteiger partial charge on any atom is 0.227 e. The fourth-order valence-electron chi connectivity index (χ4n) is 1.45. The van der Waals surface area contributed by atoms with Crippen LogP contribution in [0.4, 0.5) is 0 Å². The van der Waals surface area contributed by atoms with Gasteiger partial charge < -0.3 is 19.5 Å². The highest BCUT2D eigenvalue weighted by Gasteiger charge is 2.09. The zero-order valence-electron chi connectivity index (χ0n) is 11.0. The van der Waals surface area contributed by atoms with Crippen molar-refractivity contribution in [3.63, 3.8) is 0 Å². The molecule has 7 nitrogen and oxygen atoms in total. The van der Waals surface area contributed by atoms with Crippen LogP contribution in [0.5, 0.6) is 5.75 Å². The van der Waals surface area contributed by atoms with Crippen LogP contribution in [0.2, 0.25) is 0 Å². The average molecular weight is 319 g/mol. The molecule has 0 radical (unpaired) electrons. The fourth-order valence-corrected chi connectivity index (χ4v) is 2.27. The molecule has 110 valence electrons. The number of ether oxygens (including phenoxy) is 1. The van der Waals surface area contributed by atoms with E-state index in [1.54, 1.807) is 0 Å². The van der Waals surface area contributed by atoms with Crippen molar-refractivity contribution in [3.8, 4) is 5.75 Å². The highest BCUT2D eigenvalue weighted by molar-refractivity contribution is 7.98. The Bertz CT molecular complexity index is 628. The van der Waals surface area contributed by atoms with Crippen molar-refractivity contribution in [2.45, 2.75) is 17.5 Å². The number of hydrogen-bond donors (Lipinski definition) is 1. The smallest absolute Gasteiger partial charge is 0.227 e. The van der Waals surface area contributed by atoms with Gasteiger partial charge in [0.25, 0.3) is 0 Å². The van der Waals surface area contributed by atoms with E-state index in [9.17, 15) is 4.79 Å². The van der Waals surface area contributed by atoms with Gasteiger partial charge in [0.1, 0.15) is 17.8 Å². The van der Waals surface area contributed by atoms with E-state index in [-0.39, 0.29) is 23.6 Å². The molecule has 0 atom stereocenters. The van der Waals surface area contributed by atoms with E-state index in [1.807, 2.05) is 11.6 Å². The molecule has 0 aromatic carbocycles. The predicted molar refractivity (Wildman–Crippen MR) is 77.2 cm³/mol. The second-order valence-electron chi connectivity index (χ2n) is 3.73. The third kappa shape index (κ3) is 3.53. The van der Waals surface area contributed by atoms with Gasteiger partial charge in [-0.2, -0.15) is 0 Å². The summed E-state index contributed by atoms with van der Waals surface area (Å²) in [6.45, 7) is 0.335. The standard InChI is InChI=1S/C11H14N4O3S.ClH/c1-15-10(4-12)13-14-11(15)19-6-7-3-8(16)9(17-2)5-18-7;/h3,5H,4,6,12H2,1-2H3;1H. The summed E-state index contributed by atoms with van der Waals surface area (Å²) in [6, 6.07) is 1.41. The van der Waals surface area contributed by atoms with Crippen molar-refractivity contribution in [1.29, 1.82) is 0 Å². The van der Waals surface area contributed by atoms with E-state index >= 15 is 0 Å². The zero-order chi connectivity index (χ0) is 13.8. The van der Waals surface area contributed by atoms with Gasteiger partial charge in [-0.3, -0.25) is 4.79 Å². The molecule has 9 heteroatoms. The van der Waals surface area contributed by atoms with Gasteiger partial charge in [0, 0.05) is 13.1 Å². The summed E-state index contributed by atoms with van der Waals surface area (Å²) < 4.78 is 12.0. The first-order valence-electron chi connectivity index (χ1n) is 5.52. The molecule has 20 heavy (non-hydrogen) atoms.